The van der Waals surface area contributed by atoms with E-state index in [0.29, 0.717) is 17.9 Å². The molecule has 0 bridgehead atoms. The van der Waals surface area contributed by atoms with Crippen LogP contribution in [0.2, 0.25) is 0 Å². The molecule has 0 saturated carbocycles. The molecule has 1 atom stereocenters. The van der Waals surface area contributed by atoms with Gasteiger partial charge >= 0.3 is 0 Å². The maximum Gasteiger partial charge on any atom is 0.271 e. The fraction of sp³-hybridized carbons (Fsp3) is 0.0938. The molecule has 7 nitrogen and oxygen atoms in total. The predicted octanol–water partition coefficient (Wildman–Crippen LogP) is 6.79. The third-order valence-corrected chi connectivity index (χ3v) is 8.44. The van der Waals surface area contributed by atoms with Crippen LogP contribution in [0, 0.1) is 0 Å². The van der Waals surface area contributed by atoms with E-state index in [0.717, 1.165) is 38.4 Å². The van der Waals surface area contributed by atoms with Gasteiger partial charge in [0, 0.05) is 29.0 Å². The van der Waals surface area contributed by atoms with Gasteiger partial charge in [-0.15, -0.1) is 21.5 Å². The highest BCUT2D eigenvalue weighted by molar-refractivity contribution is 7.98. The summed E-state index contributed by atoms with van der Waals surface area (Å²) in [6.07, 6.45) is 4.21. The SMILES string of the molecule is O=C(NC(Cc1ccccc1)c1ccccc1)c1csc(CSc2nnc(-c3cccnc3)n2-c2ccccc2)n1. The van der Waals surface area contributed by atoms with Crippen molar-refractivity contribution < 1.29 is 4.79 Å². The van der Waals surface area contributed by atoms with Crippen molar-refractivity contribution in [1.82, 2.24) is 30.0 Å². The van der Waals surface area contributed by atoms with Gasteiger partial charge in [0.1, 0.15) is 10.7 Å². The van der Waals surface area contributed by atoms with E-state index in [1.807, 2.05) is 101 Å². The molecule has 202 valence electrons. The van der Waals surface area contributed by atoms with E-state index in [1.165, 1.54) is 23.1 Å². The molecule has 41 heavy (non-hydrogen) atoms. The second kappa shape index (κ2) is 12.7. The Bertz CT molecular complexity index is 1710. The van der Waals surface area contributed by atoms with E-state index in [4.69, 9.17) is 0 Å². The van der Waals surface area contributed by atoms with Crippen molar-refractivity contribution in [3.8, 4) is 17.1 Å². The number of hydrogen-bond donors (Lipinski definition) is 1. The first kappa shape index (κ1) is 26.6. The molecule has 0 radical (unpaired) electrons. The minimum atomic E-state index is -0.186. The minimum absolute atomic E-state index is 0.166. The summed E-state index contributed by atoms with van der Waals surface area (Å²) in [6.45, 7) is 0. The molecule has 6 rings (SSSR count). The van der Waals surface area contributed by atoms with E-state index in [-0.39, 0.29) is 11.9 Å². The van der Waals surface area contributed by atoms with Gasteiger partial charge in [0.05, 0.1) is 11.8 Å². The van der Waals surface area contributed by atoms with E-state index in [9.17, 15) is 4.79 Å². The summed E-state index contributed by atoms with van der Waals surface area (Å²) in [5.74, 6) is 1.09. The van der Waals surface area contributed by atoms with Gasteiger partial charge in [-0.05, 0) is 41.8 Å². The number of carbonyl (C=O) groups is 1. The largest absolute Gasteiger partial charge is 0.344 e. The van der Waals surface area contributed by atoms with Crippen LogP contribution < -0.4 is 5.32 Å². The maximum atomic E-state index is 13.3. The standard InChI is InChI=1S/C32H26N6OS2/c39-31(35-27(24-13-6-2-7-14-24)19-23-11-4-1-5-12-23)28-21-40-29(34-28)22-41-32-37-36-30(25-15-10-18-33-20-25)38(32)26-16-8-3-9-17-26/h1-18,20-21,27H,19,22H2,(H,35,39). The molecule has 0 fully saturated rings. The van der Waals surface area contributed by atoms with Crippen LogP contribution in [-0.4, -0.2) is 30.6 Å². The highest BCUT2D eigenvalue weighted by Gasteiger charge is 2.20. The van der Waals surface area contributed by atoms with Gasteiger partial charge in [-0.2, -0.15) is 0 Å². The van der Waals surface area contributed by atoms with Crippen LogP contribution in [0.3, 0.4) is 0 Å². The molecular weight excluding hydrogens is 549 g/mol. The summed E-state index contributed by atoms with van der Waals surface area (Å²) >= 11 is 3.00. The van der Waals surface area contributed by atoms with Crippen molar-refractivity contribution in [1.29, 1.82) is 0 Å². The molecular formula is C32H26N6OS2. The first-order valence-electron chi connectivity index (χ1n) is 13.1. The predicted molar refractivity (Wildman–Crippen MR) is 163 cm³/mol. The molecule has 1 N–H and O–H groups in total. The molecule has 9 heteroatoms. The Balaban J connectivity index is 1.18. The van der Waals surface area contributed by atoms with Crippen LogP contribution in [0.4, 0.5) is 0 Å². The number of thioether (sulfide) groups is 1. The fourth-order valence-corrected chi connectivity index (χ4v) is 6.23. The number of nitrogens with zero attached hydrogens (tertiary/aromatic N) is 5. The van der Waals surface area contributed by atoms with Crippen LogP contribution >= 0.6 is 23.1 Å². The second-order valence-corrected chi connectivity index (χ2v) is 11.1. The topological polar surface area (TPSA) is 85.6 Å². The van der Waals surface area contributed by atoms with Gasteiger partial charge in [-0.3, -0.25) is 14.3 Å². The smallest absolute Gasteiger partial charge is 0.271 e. The summed E-state index contributed by atoms with van der Waals surface area (Å²) in [5, 5.41) is 15.6. The number of rotatable bonds is 10. The molecule has 3 aromatic heterocycles. The fourth-order valence-electron chi connectivity index (χ4n) is 4.48. The van der Waals surface area contributed by atoms with Crippen molar-refractivity contribution in [3.05, 3.63) is 143 Å². The van der Waals surface area contributed by atoms with E-state index >= 15 is 0 Å². The molecule has 0 aliphatic rings. The summed E-state index contributed by atoms with van der Waals surface area (Å²) in [6, 6.07) is 33.9. The molecule has 0 spiro atoms. The van der Waals surface area contributed by atoms with Gasteiger partial charge in [-0.25, -0.2) is 4.98 Å². The first-order chi connectivity index (χ1) is 20.2. The Labute approximate surface area is 246 Å². The van der Waals surface area contributed by atoms with E-state index < -0.39 is 0 Å². The Morgan fingerprint density at radius 2 is 1.61 bits per heavy atom. The molecule has 6 aromatic rings. The Kier molecular flexibility index (Phi) is 8.25. The monoisotopic (exact) mass is 574 g/mol. The molecule has 0 aliphatic carbocycles. The first-order valence-corrected chi connectivity index (χ1v) is 15.0. The lowest BCUT2D eigenvalue weighted by Crippen LogP contribution is -2.30. The van der Waals surface area contributed by atoms with Crippen molar-refractivity contribution >= 4 is 29.0 Å². The normalized spacial score (nSPS) is 11.7. The number of carbonyl (C=O) groups excluding carboxylic acids is 1. The lowest BCUT2D eigenvalue weighted by atomic mass is 9.99. The number of benzene rings is 3. The number of nitrogens with one attached hydrogen (secondary N) is 1. The number of pyridine rings is 1. The van der Waals surface area contributed by atoms with Gasteiger partial charge in [-0.1, -0.05) is 90.6 Å². The molecule has 3 heterocycles. The summed E-state index contributed by atoms with van der Waals surface area (Å²) in [5.41, 5.74) is 4.47. The van der Waals surface area contributed by atoms with Gasteiger partial charge in [0.2, 0.25) is 0 Å². The summed E-state index contributed by atoms with van der Waals surface area (Å²) < 4.78 is 2.02. The van der Waals surface area contributed by atoms with Crippen molar-refractivity contribution in [3.63, 3.8) is 0 Å². The van der Waals surface area contributed by atoms with Gasteiger partial charge < -0.3 is 5.32 Å². The number of aromatic nitrogens is 5. The van der Waals surface area contributed by atoms with Crippen LogP contribution in [0.5, 0.6) is 0 Å². The number of hydrogen-bond acceptors (Lipinski definition) is 7. The molecule has 1 unspecified atom stereocenters. The Hall–Kier alpha value is -4.60. The zero-order valence-electron chi connectivity index (χ0n) is 22.0. The average Bonchev–Trinajstić information content (AvgIpc) is 3.69. The zero-order chi connectivity index (χ0) is 27.9. The van der Waals surface area contributed by atoms with E-state index in [2.05, 4.69) is 37.6 Å². The molecule has 1 amide bonds. The maximum absolute atomic E-state index is 13.3. The Morgan fingerprint density at radius 1 is 0.878 bits per heavy atom. The Morgan fingerprint density at radius 3 is 2.34 bits per heavy atom. The number of para-hydroxylation sites is 1. The average molecular weight is 575 g/mol. The quantitative estimate of drug-likeness (QED) is 0.181. The van der Waals surface area contributed by atoms with Crippen LogP contribution in [-0.2, 0) is 12.2 Å². The summed E-state index contributed by atoms with van der Waals surface area (Å²) in [4.78, 5) is 22.2. The molecule has 0 aliphatic heterocycles. The molecule has 3 aromatic carbocycles. The van der Waals surface area contributed by atoms with Crippen molar-refractivity contribution in [2.45, 2.75) is 23.4 Å². The third-order valence-electron chi connectivity index (χ3n) is 6.47. The van der Waals surface area contributed by atoms with Gasteiger partial charge in [0.15, 0.2) is 11.0 Å². The van der Waals surface area contributed by atoms with Crippen molar-refractivity contribution in [2.24, 2.45) is 0 Å². The highest BCUT2D eigenvalue weighted by Crippen LogP contribution is 2.30. The number of thiazole rings is 1. The van der Waals surface area contributed by atoms with Gasteiger partial charge in [0.25, 0.3) is 5.91 Å². The highest BCUT2D eigenvalue weighted by atomic mass is 32.2. The lowest BCUT2D eigenvalue weighted by molar-refractivity contribution is 0.0932. The van der Waals surface area contributed by atoms with Crippen molar-refractivity contribution in [2.75, 3.05) is 0 Å². The minimum Gasteiger partial charge on any atom is -0.344 e. The lowest BCUT2D eigenvalue weighted by Gasteiger charge is -2.19. The van der Waals surface area contributed by atoms with Crippen LogP contribution in [0.25, 0.3) is 17.1 Å². The third kappa shape index (κ3) is 6.42. The van der Waals surface area contributed by atoms with E-state index in [1.54, 1.807) is 12.4 Å². The molecule has 0 saturated heterocycles. The van der Waals surface area contributed by atoms with Crippen LogP contribution in [0.1, 0.15) is 32.7 Å². The van der Waals surface area contributed by atoms with Crippen LogP contribution in [0.15, 0.2) is 126 Å². The number of amides is 1. The zero-order valence-corrected chi connectivity index (χ0v) is 23.6. The summed E-state index contributed by atoms with van der Waals surface area (Å²) in [7, 11) is 0. The second-order valence-electron chi connectivity index (χ2n) is 9.26.